The summed E-state index contributed by atoms with van der Waals surface area (Å²) in [5, 5.41) is 7.32. The van der Waals surface area contributed by atoms with Crippen molar-refractivity contribution in [2.45, 2.75) is 18.9 Å². The van der Waals surface area contributed by atoms with E-state index in [1.54, 1.807) is 0 Å². The highest BCUT2D eigenvalue weighted by Gasteiger charge is 2.32. The van der Waals surface area contributed by atoms with Gasteiger partial charge in [-0.1, -0.05) is 48.5 Å². The highest BCUT2D eigenvalue weighted by molar-refractivity contribution is 5.78. The molecule has 0 aliphatic carbocycles. The maximum Gasteiger partial charge on any atom is 0.261 e. The molecule has 0 spiro atoms. The fourth-order valence-corrected chi connectivity index (χ4v) is 3.23. The number of aromatic nitrogens is 3. The topological polar surface area (TPSA) is 71.1 Å². The number of nitrogens with one attached hydrogen (secondary N) is 1. The normalized spacial score (nSPS) is 16.6. The number of ether oxygens (including phenoxy) is 1. The van der Waals surface area contributed by atoms with Gasteiger partial charge in [-0.2, -0.15) is 5.10 Å². The summed E-state index contributed by atoms with van der Waals surface area (Å²) in [5.74, 6) is 2.05. The van der Waals surface area contributed by atoms with Gasteiger partial charge in [0, 0.05) is 12.1 Å². The summed E-state index contributed by atoms with van der Waals surface area (Å²) in [6.07, 6.45) is 1.82. The molecule has 4 rings (SSSR count). The fraction of sp³-hybridized carbons (Fsp3) is 0.250. The Kier molecular flexibility index (Phi) is 4.64. The summed E-state index contributed by atoms with van der Waals surface area (Å²) in [4.78, 5) is 19.1. The second-order valence-corrected chi connectivity index (χ2v) is 6.26. The third-order valence-electron chi connectivity index (χ3n) is 4.53. The summed E-state index contributed by atoms with van der Waals surface area (Å²) < 4.78 is 5.60. The molecular formula is C20H20N4O2. The number of amides is 1. The lowest BCUT2D eigenvalue weighted by molar-refractivity contribution is -0.134. The Balaban J connectivity index is 1.45. The van der Waals surface area contributed by atoms with Crippen LogP contribution in [-0.4, -0.2) is 39.1 Å². The van der Waals surface area contributed by atoms with E-state index in [4.69, 9.17) is 4.74 Å². The van der Waals surface area contributed by atoms with Crippen LogP contribution in [0, 0.1) is 0 Å². The molecule has 1 amide bonds. The number of rotatable bonds is 5. The van der Waals surface area contributed by atoms with Crippen LogP contribution < -0.4 is 4.74 Å². The van der Waals surface area contributed by atoms with E-state index in [2.05, 4.69) is 15.2 Å². The Morgan fingerprint density at radius 3 is 2.62 bits per heavy atom. The molecule has 1 unspecified atom stereocenters. The molecule has 2 aromatic carbocycles. The monoisotopic (exact) mass is 348 g/mol. The first kappa shape index (κ1) is 16.3. The summed E-state index contributed by atoms with van der Waals surface area (Å²) in [7, 11) is 0. The lowest BCUT2D eigenvalue weighted by atomic mass is 10.2. The van der Waals surface area contributed by atoms with Crippen LogP contribution in [0.2, 0.25) is 0 Å². The molecule has 1 atom stereocenters. The molecule has 1 N–H and O–H groups in total. The van der Waals surface area contributed by atoms with Gasteiger partial charge in [0.05, 0.1) is 6.04 Å². The highest BCUT2D eigenvalue weighted by atomic mass is 16.5. The van der Waals surface area contributed by atoms with E-state index in [9.17, 15) is 4.79 Å². The second kappa shape index (κ2) is 7.39. The molecule has 0 bridgehead atoms. The molecule has 1 aliphatic rings. The first-order chi connectivity index (χ1) is 12.8. The van der Waals surface area contributed by atoms with Gasteiger partial charge in [0.1, 0.15) is 11.6 Å². The molecule has 1 aromatic heterocycles. The molecule has 0 saturated carbocycles. The first-order valence-corrected chi connectivity index (χ1v) is 8.76. The van der Waals surface area contributed by atoms with Gasteiger partial charge in [-0.3, -0.25) is 9.89 Å². The van der Waals surface area contributed by atoms with Crippen molar-refractivity contribution in [3.8, 4) is 17.1 Å². The third-order valence-corrected chi connectivity index (χ3v) is 4.53. The van der Waals surface area contributed by atoms with Crippen LogP contribution in [0.15, 0.2) is 60.7 Å². The van der Waals surface area contributed by atoms with E-state index in [0.29, 0.717) is 18.1 Å². The minimum absolute atomic E-state index is 0.0280. The van der Waals surface area contributed by atoms with E-state index < -0.39 is 0 Å². The van der Waals surface area contributed by atoms with Crippen LogP contribution in [0.4, 0.5) is 0 Å². The first-order valence-electron chi connectivity index (χ1n) is 8.76. The van der Waals surface area contributed by atoms with Crippen LogP contribution in [0.3, 0.4) is 0 Å². The van der Waals surface area contributed by atoms with Crippen molar-refractivity contribution in [2.24, 2.45) is 0 Å². The molecule has 1 saturated heterocycles. The number of aromatic amines is 1. The zero-order chi connectivity index (χ0) is 17.8. The number of H-pyrrole nitrogens is 1. The Hall–Kier alpha value is -3.15. The number of likely N-dealkylation sites (tertiary alicyclic amines) is 1. The second-order valence-electron chi connectivity index (χ2n) is 6.26. The lowest BCUT2D eigenvalue weighted by Crippen LogP contribution is -2.34. The number of nitrogens with zero attached hydrogens (tertiary/aromatic N) is 3. The molecule has 3 aromatic rings. The molecular weight excluding hydrogens is 328 g/mol. The van der Waals surface area contributed by atoms with Gasteiger partial charge in [-0.05, 0) is 25.0 Å². The van der Waals surface area contributed by atoms with Crippen molar-refractivity contribution in [2.75, 3.05) is 13.2 Å². The average Bonchev–Trinajstić information content (AvgIpc) is 3.37. The summed E-state index contributed by atoms with van der Waals surface area (Å²) >= 11 is 0. The predicted molar refractivity (Wildman–Crippen MR) is 97.4 cm³/mol. The van der Waals surface area contributed by atoms with Crippen LogP contribution >= 0.6 is 0 Å². The van der Waals surface area contributed by atoms with Gasteiger partial charge in [0.25, 0.3) is 5.91 Å². The molecule has 6 heteroatoms. The van der Waals surface area contributed by atoms with E-state index in [-0.39, 0.29) is 18.6 Å². The van der Waals surface area contributed by atoms with Crippen molar-refractivity contribution in [3.05, 3.63) is 66.5 Å². The number of hydrogen-bond donors (Lipinski definition) is 1. The number of carbonyl (C=O) groups is 1. The van der Waals surface area contributed by atoms with Gasteiger partial charge >= 0.3 is 0 Å². The maximum atomic E-state index is 12.6. The predicted octanol–water partition coefficient (Wildman–Crippen LogP) is 3.21. The highest BCUT2D eigenvalue weighted by Crippen LogP contribution is 2.30. The zero-order valence-electron chi connectivity index (χ0n) is 14.3. The molecule has 6 nitrogen and oxygen atoms in total. The van der Waals surface area contributed by atoms with Crippen LogP contribution in [0.5, 0.6) is 5.75 Å². The van der Waals surface area contributed by atoms with Crippen molar-refractivity contribution in [1.29, 1.82) is 0 Å². The van der Waals surface area contributed by atoms with Gasteiger partial charge in [-0.15, -0.1) is 0 Å². The zero-order valence-corrected chi connectivity index (χ0v) is 14.3. The molecule has 26 heavy (non-hydrogen) atoms. The van der Waals surface area contributed by atoms with Crippen molar-refractivity contribution in [1.82, 2.24) is 20.1 Å². The number of hydrogen-bond acceptors (Lipinski definition) is 4. The van der Waals surface area contributed by atoms with Crippen LogP contribution in [-0.2, 0) is 4.79 Å². The largest absolute Gasteiger partial charge is 0.484 e. The Morgan fingerprint density at radius 1 is 1.12 bits per heavy atom. The summed E-state index contributed by atoms with van der Waals surface area (Å²) in [5.41, 5.74) is 0.957. The third kappa shape index (κ3) is 3.44. The van der Waals surface area contributed by atoms with Crippen molar-refractivity contribution in [3.63, 3.8) is 0 Å². The maximum absolute atomic E-state index is 12.6. The van der Waals surface area contributed by atoms with E-state index in [0.717, 1.165) is 24.2 Å². The van der Waals surface area contributed by atoms with Crippen LogP contribution in [0.1, 0.15) is 24.7 Å². The van der Waals surface area contributed by atoms with Crippen molar-refractivity contribution >= 4 is 5.91 Å². The van der Waals surface area contributed by atoms with E-state index >= 15 is 0 Å². The van der Waals surface area contributed by atoms with Crippen LogP contribution in [0.25, 0.3) is 11.4 Å². The minimum Gasteiger partial charge on any atom is -0.484 e. The lowest BCUT2D eigenvalue weighted by Gasteiger charge is -2.22. The average molecular weight is 348 g/mol. The van der Waals surface area contributed by atoms with Gasteiger partial charge in [0.15, 0.2) is 12.4 Å². The smallest absolute Gasteiger partial charge is 0.261 e. The standard InChI is InChI=1S/C20H20N4O2/c25-18(14-26-16-10-5-2-6-11-16)24-13-7-12-17(24)20-21-19(22-23-20)15-8-3-1-4-9-15/h1-6,8-11,17H,7,12-14H2,(H,21,22,23). The molecule has 2 heterocycles. The van der Waals surface area contributed by atoms with Crippen molar-refractivity contribution < 1.29 is 9.53 Å². The number of benzene rings is 2. The van der Waals surface area contributed by atoms with E-state index in [1.807, 2.05) is 65.6 Å². The van der Waals surface area contributed by atoms with Gasteiger partial charge in [0.2, 0.25) is 0 Å². The van der Waals surface area contributed by atoms with Gasteiger partial charge < -0.3 is 9.64 Å². The summed E-state index contributed by atoms with van der Waals surface area (Å²) in [6, 6.07) is 19.1. The molecule has 1 aliphatic heterocycles. The molecule has 0 radical (unpaired) electrons. The Bertz CT molecular complexity index is 864. The number of carbonyl (C=O) groups excluding carboxylic acids is 1. The molecule has 132 valence electrons. The van der Waals surface area contributed by atoms with Gasteiger partial charge in [-0.25, -0.2) is 4.98 Å². The Labute approximate surface area is 151 Å². The Morgan fingerprint density at radius 2 is 1.85 bits per heavy atom. The van der Waals surface area contributed by atoms with E-state index in [1.165, 1.54) is 0 Å². The molecule has 1 fully saturated rings. The quantitative estimate of drug-likeness (QED) is 0.768. The SMILES string of the molecule is O=C(COc1ccccc1)N1CCCC1c1nc(-c2ccccc2)n[nH]1. The minimum atomic E-state index is -0.0770. The summed E-state index contributed by atoms with van der Waals surface area (Å²) in [6.45, 7) is 0.739. The fourth-order valence-electron chi connectivity index (χ4n) is 3.23. The number of para-hydroxylation sites is 1.